The second-order valence-electron chi connectivity index (χ2n) is 8.80. The molecule has 0 aromatic rings. The number of halogens is 1. The zero-order chi connectivity index (χ0) is 21.3. The zero-order valence-electron chi connectivity index (χ0n) is 19.3. The second kappa shape index (κ2) is 13.4. The average Bonchev–Trinajstić information content (AvgIpc) is 3.31. The summed E-state index contributed by atoms with van der Waals surface area (Å²) in [5.41, 5.74) is 0. The number of hydrogen-bond donors (Lipinski definition) is 2. The molecule has 1 unspecified atom stereocenters. The van der Waals surface area contributed by atoms with Gasteiger partial charge in [-0.15, -0.1) is 24.0 Å². The average molecular weight is 549 g/mol. The second-order valence-corrected chi connectivity index (χ2v) is 8.80. The number of rotatable bonds is 6. The van der Waals surface area contributed by atoms with Crippen molar-refractivity contribution in [2.24, 2.45) is 4.99 Å². The summed E-state index contributed by atoms with van der Waals surface area (Å²) in [6.07, 6.45) is 8.13. The number of aliphatic imine (C=N–C) groups is 1. The van der Waals surface area contributed by atoms with Gasteiger partial charge in [0, 0.05) is 51.9 Å². The number of amides is 2. The number of nitrogens with zero attached hydrogens (tertiary/aromatic N) is 4. The van der Waals surface area contributed by atoms with Crippen LogP contribution in [0.2, 0.25) is 0 Å². The van der Waals surface area contributed by atoms with Crippen LogP contribution in [0, 0.1) is 0 Å². The van der Waals surface area contributed by atoms with E-state index in [4.69, 9.17) is 0 Å². The van der Waals surface area contributed by atoms with E-state index in [1.807, 2.05) is 18.7 Å². The molecule has 2 saturated heterocycles. The molecule has 0 bridgehead atoms. The molecule has 0 aromatic heterocycles. The molecule has 0 radical (unpaired) electrons. The lowest BCUT2D eigenvalue weighted by molar-refractivity contribution is -0.135. The Labute approximate surface area is 204 Å². The fraction of sp³-hybridized carbons (Fsp3) is 0.864. The van der Waals surface area contributed by atoms with Crippen LogP contribution in [-0.2, 0) is 9.59 Å². The van der Waals surface area contributed by atoms with E-state index in [0.29, 0.717) is 6.04 Å². The quantitative estimate of drug-likeness (QED) is 0.300. The number of carbonyl (C=O) groups is 2. The normalized spacial score (nSPS) is 22.1. The standard InChI is InChI=1S/C22H40N6O2.HI/c1-3-23-22(24-17-20(29)25-19-9-5-4-6-10-19)28-15-13-26(14-16-28)18(2)21(30)27-11-7-8-12-27;/h18-19H,3-17H2,1-2H3,(H,23,24)(H,25,29);1H. The van der Waals surface area contributed by atoms with Gasteiger partial charge in [-0.25, -0.2) is 4.99 Å². The topological polar surface area (TPSA) is 80.3 Å². The predicted molar refractivity (Wildman–Crippen MR) is 135 cm³/mol. The van der Waals surface area contributed by atoms with Crippen molar-refractivity contribution in [2.45, 2.75) is 70.9 Å². The first-order valence-electron chi connectivity index (χ1n) is 11.9. The molecule has 0 spiro atoms. The molecular formula is C22H41IN6O2. The Morgan fingerprint density at radius 3 is 2.19 bits per heavy atom. The maximum absolute atomic E-state index is 12.7. The summed E-state index contributed by atoms with van der Waals surface area (Å²) >= 11 is 0. The molecule has 3 aliphatic rings. The van der Waals surface area contributed by atoms with Gasteiger partial charge in [0.25, 0.3) is 0 Å². The number of guanidine groups is 1. The summed E-state index contributed by atoms with van der Waals surface area (Å²) < 4.78 is 0. The van der Waals surface area contributed by atoms with Gasteiger partial charge in [0.05, 0.1) is 6.04 Å². The molecule has 2 N–H and O–H groups in total. The summed E-state index contributed by atoms with van der Waals surface area (Å²) in [4.78, 5) is 36.1. The van der Waals surface area contributed by atoms with Gasteiger partial charge in [0.15, 0.2) is 5.96 Å². The van der Waals surface area contributed by atoms with Gasteiger partial charge < -0.3 is 20.4 Å². The lowest BCUT2D eigenvalue weighted by Gasteiger charge is -2.39. The van der Waals surface area contributed by atoms with Crippen molar-refractivity contribution < 1.29 is 9.59 Å². The van der Waals surface area contributed by atoms with Crippen molar-refractivity contribution in [3.63, 3.8) is 0 Å². The minimum Gasteiger partial charge on any atom is -0.357 e. The van der Waals surface area contributed by atoms with Gasteiger partial charge in [-0.3, -0.25) is 14.5 Å². The van der Waals surface area contributed by atoms with Crippen LogP contribution in [0.4, 0.5) is 0 Å². The van der Waals surface area contributed by atoms with E-state index in [2.05, 4.69) is 25.4 Å². The molecule has 1 saturated carbocycles. The highest BCUT2D eigenvalue weighted by atomic mass is 127. The summed E-state index contributed by atoms with van der Waals surface area (Å²) in [5, 5.41) is 6.46. The number of carbonyl (C=O) groups excluding carboxylic acids is 2. The highest BCUT2D eigenvalue weighted by Gasteiger charge is 2.30. The third-order valence-corrected chi connectivity index (χ3v) is 6.61. The van der Waals surface area contributed by atoms with Crippen LogP contribution in [0.3, 0.4) is 0 Å². The van der Waals surface area contributed by atoms with E-state index in [1.165, 1.54) is 19.3 Å². The van der Waals surface area contributed by atoms with E-state index in [9.17, 15) is 9.59 Å². The van der Waals surface area contributed by atoms with Gasteiger partial charge in [0.1, 0.15) is 6.54 Å². The van der Waals surface area contributed by atoms with Crippen LogP contribution >= 0.6 is 24.0 Å². The first-order chi connectivity index (χ1) is 14.6. The smallest absolute Gasteiger partial charge is 0.242 e. The van der Waals surface area contributed by atoms with E-state index >= 15 is 0 Å². The maximum atomic E-state index is 12.7. The van der Waals surface area contributed by atoms with Gasteiger partial charge in [-0.05, 0) is 39.5 Å². The minimum absolute atomic E-state index is 0. The lowest BCUT2D eigenvalue weighted by atomic mass is 9.95. The van der Waals surface area contributed by atoms with Crippen LogP contribution in [0.25, 0.3) is 0 Å². The Kier molecular flexibility index (Phi) is 11.3. The summed E-state index contributed by atoms with van der Waals surface area (Å²) in [6, 6.07) is 0.258. The monoisotopic (exact) mass is 548 g/mol. The van der Waals surface area contributed by atoms with E-state index < -0.39 is 0 Å². The van der Waals surface area contributed by atoms with Crippen LogP contribution < -0.4 is 10.6 Å². The Morgan fingerprint density at radius 1 is 0.935 bits per heavy atom. The van der Waals surface area contributed by atoms with Gasteiger partial charge >= 0.3 is 0 Å². The van der Waals surface area contributed by atoms with E-state index in [0.717, 1.165) is 77.5 Å². The molecule has 0 aromatic carbocycles. The lowest BCUT2D eigenvalue weighted by Crippen LogP contribution is -2.57. The molecule has 31 heavy (non-hydrogen) atoms. The molecule has 178 valence electrons. The molecule has 3 fully saturated rings. The molecule has 2 heterocycles. The molecule has 1 aliphatic carbocycles. The van der Waals surface area contributed by atoms with Crippen molar-refractivity contribution in [3.8, 4) is 0 Å². The third kappa shape index (κ3) is 7.76. The Hall–Kier alpha value is -1.10. The number of nitrogens with one attached hydrogen (secondary N) is 2. The fourth-order valence-electron chi connectivity index (χ4n) is 4.77. The van der Waals surface area contributed by atoms with Crippen molar-refractivity contribution in [2.75, 3.05) is 52.4 Å². The first kappa shape index (κ1) is 26.2. The van der Waals surface area contributed by atoms with Crippen LogP contribution in [-0.4, -0.2) is 96.9 Å². The Balaban J connectivity index is 0.00000341. The van der Waals surface area contributed by atoms with Gasteiger partial charge in [-0.1, -0.05) is 19.3 Å². The van der Waals surface area contributed by atoms with Crippen molar-refractivity contribution >= 4 is 41.8 Å². The van der Waals surface area contributed by atoms with Crippen LogP contribution in [0.1, 0.15) is 58.8 Å². The van der Waals surface area contributed by atoms with Crippen LogP contribution in [0.5, 0.6) is 0 Å². The Morgan fingerprint density at radius 2 is 1.58 bits per heavy atom. The molecule has 3 rings (SSSR count). The minimum atomic E-state index is -0.0638. The summed E-state index contributed by atoms with van der Waals surface area (Å²) in [6.45, 7) is 10.1. The predicted octanol–water partition coefficient (Wildman–Crippen LogP) is 1.65. The van der Waals surface area contributed by atoms with E-state index in [-0.39, 0.29) is 48.4 Å². The van der Waals surface area contributed by atoms with Gasteiger partial charge in [-0.2, -0.15) is 0 Å². The SMILES string of the molecule is CCNC(=NCC(=O)NC1CCCCC1)N1CCN(C(C)C(=O)N2CCCC2)CC1.I. The molecule has 1 atom stereocenters. The maximum Gasteiger partial charge on any atom is 0.242 e. The first-order valence-corrected chi connectivity index (χ1v) is 11.9. The van der Waals surface area contributed by atoms with Crippen molar-refractivity contribution in [3.05, 3.63) is 0 Å². The fourth-order valence-corrected chi connectivity index (χ4v) is 4.77. The molecular weight excluding hydrogens is 507 g/mol. The van der Waals surface area contributed by atoms with Gasteiger partial charge in [0.2, 0.25) is 11.8 Å². The molecule has 2 aliphatic heterocycles. The number of piperazine rings is 1. The van der Waals surface area contributed by atoms with Crippen molar-refractivity contribution in [1.29, 1.82) is 0 Å². The number of likely N-dealkylation sites (tertiary alicyclic amines) is 1. The third-order valence-electron chi connectivity index (χ3n) is 6.61. The highest BCUT2D eigenvalue weighted by Crippen LogP contribution is 2.17. The summed E-state index contributed by atoms with van der Waals surface area (Å²) in [7, 11) is 0. The summed E-state index contributed by atoms with van der Waals surface area (Å²) in [5.74, 6) is 1.08. The Bertz CT molecular complexity index is 597. The van der Waals surface area contributed by atoms with Crippen LogP contribution in [0.15, 0.2) is 4.99 Å². The molecule has 2 amide bonds. The molecule has 8 nitrogen and oxygen atoms in total. The van der Waals surface area contributed by atoms with E-state index in [1.54, 1.807) is 0 Å². The number of hydrogen-bond acceptors (Lipinski definition) is 4. The zero-order valence-corrected chi connectivity index (χ0v) is 21.6. The molecule has 9 heteroatoms. The van der Waals surface area contributed by atoms with Crippen molar-refractivity contribution in [1.82, 2.24) is 25.3 Å². The highest BCUT2D eigenvalue weighted by molar-refractivity contribution is 14.0. The largest absolute Gasteiger partial charge is 0.357 e.